The molecule has 9 heteroatoms. The summed E-state index contributed by atoms with van der Waals surface area (Å²) < 4.78 is 36.0. The van der Waals surface area contributed by atoms with Gasteiger partial charge in [0.1, 0.15) is 0 Å². The van der Waals surface area contributed by atoms with Crippen LogP contribution in [0.2, 0.25) is 0 Å². The Labute approximate surface area is 67.4 Å². The van der Waals surface area contributed by atoms with Crippen LogP contribution in [0.15, 0.2) is 4.79 Å². The summed E-state index contributed by atoms with van der Waals surface area (Å²) >= 11 is 0. The second-order valence-electron chi connectivity index (χ2n) is 2.23. The summed E-state index contributed by atoms with van der Waals surface area (Å²) in [5.41, 5.74) is -2.08. The maximum Gasteiger partial charge on any atom is 0.494 e. The first-order valence-electron chi connectivity index (χ1n) is 3.09. The van der Waals surface area contributed by atoms with Crippen LogP contribution >= 0.6 is 0 Å². The van der Waals surface area contributed by atoms with Crippen LogP contribution in [0.5, 0.6) is 0 Å². The molecule has 6 nitrogen and oxygen atoms in total. The number of alkyl halides is 3. The number of hydrogen-bond acceptors (Lipinski definition) is 3. The van der Waals surface area contributed by atoms with Gasteiger partial charge in [0.2, 0.25) is 11.3 Å². The van der Waals surface area contributed by atoms with Crippen molar-refractivity contribution in [2.75, 3.05) is 0 Å². The molecule has 0 fully saturated rings. The standard InChI is InChI=1S/C4H2F3N5O/c5-4(6,7)12-2-1(8-3(12)13)9-11-10-2/h(H2,8,9,10,11,13). The van der Waals surface area contributed by atoms with E-state index in [1.165, 1.54) is 0 Å². The van der Waals surface area contributed by atoms with Gasteiger partial charge in [-0.15, -0.1) is 23.4 Å². The van der Waals surface area contributed by atoms with Crippen molar-refractivity contribution in [2.45, 2.75) is 6.30 Å². The SMILES string of the molecule is O=c1[nH]c2n[nH]nc2n1C(F)(F)F. The number of H-pyrrole nitrogens is 2. The van der Waals surface area contributed by atoms with Gasteiger partial charge in [0, 0.05) is 0 Å². The van der Waals surface area contributed by atoms with Crippen molar-refractivity contribution in [3.63, 3.8) is 0 Å². The normalized spacial score (nSPS) is 12.5. The monoisotopic (exact) mass is 193 g/mol. The van der Waals surface area contributed by atoms with Crippen LogP contribution in [0.3, 0.4) is 0 Å². The van der Waals surface area contributed by atoms with Crippen LogP contribution in [0.4, 0.5) is 13.2 Å². The molecule has 0 aromatic carbocycles. The predicted octanol–water partition coefficient (Wildman–Crippen LogP) is -0.0760. The first kappa shape index (κ1) is 7.83. The molecule has 0 amide bonds. The summed E-state index contributed by atoms with van der Waals surface area (Å²) in [4.78, 5) is 12.6. The largest absolute Gasteiger partial charge is 0.494 e. The second-order valence-corrected chi connectivity index (χ2v) is 2.23. The highest BCUT2D eigenvalue weighted by Crippen LogP contribution is 2.22. The first-order chi connectivity index (χ1) is 6.00. The van der Waals surface area contributed by atoms with Crippen molar-refractivity contribution in [1.82, 2.24) is 25.0 Å². The zero-order chi connectivity index (χ0) is 9.64. The molecule has 2 N–H and O–H groups in total. The van der Waals surface area contributed by atoms with E-state index >= 15 is 0 Å². The number of aromatic amines is 2. The van der Waals surface area contributed by atoms with E-state index in [9.17, 15) is 18.0 Å². The lowest BCUT2D eigenvalue weighted by Gasteiger charge is -2.03. The first-order valence-corrected chi connectivity index (χ1v) is 3.09. The number of nitrogens with one attached hydrogen (secondary N) is 2. The number of fused-ring (bicyclic) bond motifs is 1. The fourth-order valence-electron chi connectivity index (χ4n) is 0.954. The molecule has 0 unspecified atom stereocenters. The molecule has 0 aliphatic carbocycles. The number of halogens is 3. The lowest BCUT2D eigenvalue weighted by molar-refractivity contribution is -0.203. The molecular weight excluding hydrogens is 191 g/mol. The van der Waals surface area contributed by atoms with E-state index in [4.69, 9.17) is 0 Å². The minimum absolute atomic E-state index is 0.220. The average molecular weight is 193 g/mol. The average Bonchev–Trinajstić information content (AvgIpc) is 2.41. The molecule has 2 heterocycles. The third-order valence-corrected chi connectivity index (χ3v) is 1.42. The molecule has 0 aliphatic heterocycles. The van der Waals surface area contributed by atoms with Gasteiger partial charge in [-0.2, -0.15) is 9.78 Å². The maximum atomic E-state index is 12.2. The second kappa shape index (κ2) is 2.12. The van der Waals surface area contributed by atoms with Gasteiger partial charge in [-0.3, -0.25) is 4.98 Å². The van der Waals surface area contributed by atoms with Gasteiger partial charge in [-0.1, -0.05) is 0 Å². The van der Waals surface area contributed by atoms with Crippen LogP contribution in [0.1, 0.15) is 0 Å². The van der Waals surface area contributed by atoms with Gasteiger partial charge in [0.25, 0.3) is 0 Å². The van der Waals surface area contributed by atoms with Crippen LogP contribution in [0, 0.1) is 0 Å². The Morgan fingerprint density at radius 1 is 1.31 bits per heavy atom. The zero-order valence-electron chi connectivity index (χ0n) is 5.88. The molecule has 0 radical (unpaired) electrons. The van der Waals surface area contributed by atoms with Gasteiger partial charge < -0.3 is 0 Å². The Morgan fingerprint density at radius 2 is 2.00 bits per heavy atom. The predicted molar refractivity (Wildman–Crippen MR) is 33.8 cm³/mol. The molecule has 0 saturated carbocycles. The Hall–Kier alpha value is -1.80. The topological polar surface area (TPSA) is 79.4 Å². The molecular formula is C4H2F3N5O. The van der Waals surface area contributed by atoms with E-state index in [0.717, 1.165) is 0 Å². The molecule has 70 valence electrons. The Kier molecular flexibility index (Phi) is 1.27. The molecule has 0 spiro atoms. The van der Waals surface area contributed by atoms with Crippen molar-refractivity contribution < 1.29 is 13.2 Å². The van der Waals surface area contributed by atoms with Gasteiger partial charge in [-0.05, 0) is 0 Å². The third kappa shape index (κ3) is 0.999. The highest BCUT2D eigenvalue weighted by Gasteiger charge is 2.36. The van der Waals surface area contributed by atoms with Crippen molar-refractivity contribution >= 4 is 11.3 Å². The van der Waals surface area contributed by atoms with Crippen molar-refractivity contribution in [2.24, 2.45) is 0 Å². The van der Waals surface area contributed by atoms with Gasteiger partial charge in [0.05, 0.1) is 0 Å². The molecule has 0 aliphatic rings. The van der Waals surface area contributed by atoms with Crippen LogP contribution in [-0.4, -0.2) is 25.0 Å². The fraction of sp³-hybridized carbons (Fsp3) is 0.250. The summed E-state index contributed by atoms with van der Waals surface area (Å²) in [7, 11) is 0. The molecule has 2 rings (SSSR count). The molecule has 2 aromatic heterocycles. The zero-order valence-corrected chi connectivity index (χ0v) is 5.88. The molecule has 0 bridgehead atoms. The summed E-state index contributed by atoms with van der Waals surface area (Å²) in [6.07, 6.45) is -4.79. The van der Waals surface area contributed by atoms with Crippen molar-refractivity contribution in [1.29, 1.82) is 0 Å². The van der Waals surface area contributed by atoms with E-state index in [1.807, 2.05) is 10.2 Å². The number of hydrogen-bond donors (Lipinski definition) is 2. The van der Waals surface area contributed by atoms with E-state index in [1.54, 1.807) is 0 Å². The molecule has 0 saturated heterocycles. The van der Waals surface area contributed by atoms with Crippen molar-refractivity contribution in [3.05, 3.63) is 10.5 Å². The van der Waals surface area contributed by atoms with Gasteiger partial charge >= 0.3 is 12.0 Å². The number of imidazole rings is 1. The quantitative estimate of drug-likeness (QED) is 0.614. The van der Waals surface area contributed by atoms with E-state index < -0.39 is 22.2 Å². The summed E-state index contributed by atoms with van der Waals surface area (Å²) in [5, 5.41) is 8.45. The molecule has 0 atom stereocenters. The molecule has 2 aromatic rings. The lowest BCUT2D eigenvalue weighted by atomic mass is 10.7. The van der Waals surface area contributed by atoms with Gasteiger partial charge in [0.15, 0.2) is 0 Å². The Balaban J connectivity index is 2.86. The lowest BCUT2D eigenvalue weighted by Crippen LogP contribution is -2.28. The Morgan fingerprint density at radius 3 is 2.62 bits per heavy atom. The summed E-state index contributed by atoms with van der Waals surface area (Å²) in [6.45, 7) is 0. The molecule has 13 heavy (non-hydrogen) atoms. The summed E-state index contributed by atoms with van der Waals surface area (Å²) in [5.74, 6) is 0. The number of nitrogens with zero attached hydrogens (tertiary/aromatic N) is 3. The highest BCUT2D eigenvalue weighted by molar-refractivity contribution is 5.64. The van der Waals surface area contributed by atoms with E-state index in [0.29, 0.717) is 0 Å². The number of rotatable bonds is 0. The van der Waals surface area contributed by atoms with Crippen LogP contribution in [-0.2, 0) is 6.30 Å². The minimum atomic E-state index is -4.79. The number of aromatic nitrogens is 5. The Bertz CT molecular complexity index is 490. The smallest absolute Gasteiger partial charge is 0.287 e. The van der Waals surface area contributed by atoms with Crippen molar-refractivity contribution in [3.8, 4) is 0 Å². The highest BCUT2D eigenvalue weighted by atomic mass is 19.4. The van der Waals surface area contributed by atoms with Gasteiger partial charge in [-0.25, -0.2) is 4.79 Å². The third-order valence-electron chi connectivity index (χ3n) is 1.42. The maximum absolute atomic E-state index is 12.2. The minimum Gasteiger partial charge on any atom is -0.287 e. The van der Waals surface area contributed by atoms with E-state index in [-0.39, 0.29) is 5.65 Å². The fourth-order valence-corrected chi connectivity index (χ4v) is 0.954. The van der Waals surface area contributed by atoms with E-state index in [2.05, 4.69) is 10.2 Å². The summed E-state index contributed by atoms with van der Waals surface area (Å²) in [6, 6.07) is 0. The van der Waals surface area contributed by atoms with Crippen LogP contribution in [0.25, 0.3) is 11.3 Å². The van der Waals surface area contributed by atoms with Crippen LogP contribution < -0.4 is 5.69 Å².